The zero-order chi connectivity index (χ0) is 24.0. The van der Waals surface area contributed by atoms with Crippen molar-refractivity contribution in [3.8, 4) is 11.4 Å². The van der Waals surface area contributed by atoms with Crippen molar-refractivity contribution in [3.63, 3.8) is 0 Å². The summed E-state index contributed by atoms with van der Waals surface area (Å²) in [5.41, 5.74) is 3.94. The van der Waals surface area contributed by atoms with Crippen molar-refractivity contribution < 1.29 is 9.59 Å². The number of imidazole rings is 1. The Kier molecular flexibility index (Phi) is 5.90. The number of para-hydroxylation sites is 1. The van der Waals surface area contributed by atoms with Gasteiger partial charge in [0.15, 0.2) is 0 Å². The van der Waals surface area contributed by atoms with E-state index in [1.807, 2.05) is 54.4 Å². The zero-order valence-electron chi connectivity index (χ0n) is 20.4. The van der Waals surface area contributed by atoms with Crippen molar-refractivity contribution in [1.82, 2.24) is 19.4 Å². The minimum atomic E-state index is -0.365. The molecule has 2 amide bonds. The van der Waals surface area contributed by atoms with Crippen LogP contribution in [-0.4, -0.2) is 64.4 Å². The Morgan fingerprint density at radius 1 is 1.18 bits per heavy atom. The van der Waals surface area contributed by atoms with Gasteiger partial charge in [-0.15, -0.1) is 0 Å². The van der Waals surface area contributed by atoms with Gasteiger partial charge in [-0.1, -0.05) is 26.0 Å². The summed E-state index contributed by atoms with van der Waals surface area (Å²) in [6.07, 6.45) is 2.68. The number of nitrogens with zero attached hydrogens (tertiary/aromatic N) is 4. The third-order valence-corrected chi connectivity index (χ3v) is 7.23. The van der Waals surface area contributed by atoms with E-state index >= 15 is 0 Å². The highest BCUT2D eigenvalue weighted by atomic mass is 16.2. The van der Waals surface area contributed by atoms with Crippen LogP contribution in [0.1, 0.15) is 49.5 Å². The van der Waals surface area contributed by atoms with Crippen LogP contribution in [0.4, 0.5) is 5.69 Å². The molecule has 1 N–H and O–H groups in total. The number of aromatic nitrogens is 2. The van der Waals surface area contributed by atoms with Crippen molar-refractivity contribution in [1.29, 1.82) is 0 Å². The Balaban J connectivity index is 1.57. The summed E-state index contributed by atoms with van der Waals surface area (Å²) in [5.74, 6) is 1.10. The maximum Gasteiger partial charge on any atom is 0.253 e. The number of amides is 2. The Bertz CT molecular complexity index is 1240. The number of anilines is 1. The highest BCUT2D eigenvalue weighted by Gasteiger charge is 2.32. The van der Waals surface area contributed by atoms with Crippen molar-refractivity contribution in [2.45, 2.75) is 45.2 Å². The number of hydrogen-bond acceptors (Lipinski definition) is 4. The molecule has 3 aromatic rings. The van der Waals surface area contributed by atoms with Crippen LogP contribution >= 0.6 is 0 Å². The molecule has 2 aliphatic heterocycles. The van der Waals surface area contributed by atoms with Crippen molar-refractivity contribution in [2.75, 3.05) is 32.5 Å². The standard InChI is InChI=1S/C27H33N5O2/c1-17(2)15-24-26(33)29-21-8-6-5-7-20(21)25-28-22-16-18(9-10-23(22)32(24)25)27(34)31(4)19-11-13-30(3)14-12-19/h5-10,16-17,19,24H,11-15H2,1-4H3,(H,29,33). The third-order valence-electron chi connectivity index (χ3n) is 7.23. The molecule has 0 radical (unpaired) electrons. The van der Waals surface area contributed by atoms with Crippen molar-refractivity contribution >= 4 is 28.5 Å². The number of likely N-dealkylation sites (tertiary alicyclic amines) is 1. The van der Waals surface area contributed by atoms with Crippen molar-refractivity contribution in [2.24, 2.45) is 5.92 Å². The Labute approximate surface area is 200 Å². The molecule has 34 heavy (non-hydrogen) atoms. The Hall–Kier alpha value is -3.19. The molecule has 2 aliphatic rings. The van der Waals surface area contributed by atoms with Gasteiger partial charge in [-0.2, -0.15) is 0 Å². The first-order valence-corrected chi connectivity index (χ1v) is 12.2. The molecule has 5 rings (SSSR count). The third kappa shape index (κ3) is 3.98. The summed E-state index contributed by atoms with van der Waals surface area (Å²) in [6.45, 7) is 6.26. The van der Waals surface area contributed by atoms with E-state index in [0.717, 1.165) is 54.0 Å². The van der Waals surface area contributed by atoms with Gasteiger partial charge >= 0.3 is 0 Å². The minimum Gasteiger partial charge on any atom is -0.339 e. The smallest absolute Gasteiger partial charge is 0.253 e. The number of fused-ring (bicyclic) bond motifs is 5. The van der Waals surface area contributed by atoms with Gasteiger partial charge in [-0.05, 0) is 75.6 Å². The number of piperidine rings is 1. The van der Waals surface area contributed by atoms with Gasteiger partial charge in [-0.3, -0.25) is 9.59 Å². The number of nitrogens with one attached hydrogen (secondary N) is 1. The predicted octanol–water partition coefficient (Wildman–Crippen LogP) is 4.41. The number of rotatable bonds is 4. The molecule has 0 aliphatic carbocycles. The first kappa shape index (κ1) is 22.6. The molecule has 3 heterocycles. The molecule has 178 valence electrons. The van der Waals surface area contributed by atoms with Crippen LogP contribution in [0.5, 0.6) is 0 Å². The average Bonchev–Trinajstić information content (AvgIpc) is 3.15. The van der Waals surface area contributed by atoms with Gasteiger partial charge in [0.2, 0.25) is 5.91 Å². The van der Waals surface area contributed by atoms with E-state index in [1.165, 1.54) is 0 Å². The van der Waals surface area contributed by atoms with Crippen LogP contribution in [0.25, 0.3) is 22.4 Å². The molecule has 1 unspecified atom stereocenters. The lowest BCUT2D eigenvalue weighted by Gasteiger charge is -2.35. The number of benzene rings is 2. The van der Waals surface area contributed by atoms with Crippen LogP contribution in [0.2, 0.25) is 0 Å². The lowest BCUT2D eigenvalue weighted by Crippen LogP contribution is -2.44. The van der Waals surface area contributed by atoms with Gasteiger partial charge in [0, 0.05) is 24.2 Å². The topological polar surface area (TPSA) is 70.5 Å². The number of hydrogen-bond donors (Lipinski definition) is 1. The maximum absolute atomic E-state index is 13.3. The summed E-state index contributed by atoms with van der Waals surface area (Å²) in [6, 6.07) is 13.4. The lowest BCUT2D eigenvalue weighted by molar-refractivity contribution is -0.119. The first-order chi connectivity index (χ1) is 16.3. The number of carbonyl (C=O) groups is 2. The minimum absolute atomic E-state index is 0.0246. The summed E-state index contributed by atoms with van der Waals surface area (Å²) in [5, 5.41) is 3.10. The Morgan fingerprint density at radius 3 is 2.65 bits per heavy atom. The molecule has 1 aromatic heterocycles. The van der Waals surface area contributed by atoms with Crippen LogP contribution in [0.15, 0.2) is 42.5 Å². The Morgan fingerprint density at radius 2 is 1.91 bits per heavy atom. The van der Waals surface area contributed by atoms with E-state index in [2.05, 4.69) is 35.7 Å². The van der Waals surface area contributed by atoms with E-state index in [9.17, 15) is 9.59 Å². The molecule has 1 saturated heterocycles. The maximum atomic E-state index is 13.3. The summed E-state index contributed by atoms with van der Waals surface area (Å²) >= 11 is 0. The molecular weight excluding hydrogens is 426 g/mol. The van der Waals surface area contributed by atoms with E-state index in [1.54, 1.807) is 0 Å². The SMILES string of the molecule is CC(C)CC1C(=O)Nc2ccccc2-c2nc3cc(C(=O)N(C)C4CCN(C)CC4)ccc3n21. The molecule has 7 nitrogen and oxygen atoms in total. The lowest BCUT2D eigenvalue weighted by atomic mass is 10.0. The molecule has 1 atom stereocenters. The summed E-state index contributed by atoms with van der Waals surface area (Å²) in [4.78, 5) is 35.8. The quantitative estimate of drug-likeness (QED) is 0.628. The molecule has 7 heteroatoms. The van der Waals surface area contributed by atoms with E-state index in [4.69, 9.17) is 4.98 Å². The van der Waals surface area contributed by atoms with E-state index in [0.29, 0.717) is 17.9 Å². The van der Waals surface area contributed by atoms with E-state index < -0.39 is 0 Å². The van der Waals surface area contributed by atoms with Crippen molar-refractivity contribution in [3.05, 3.63) is 48.0 Å². The summed E-state index contributed by atoms with van der Waals surface area (Å²) < 4.78 is 2.06. The molecule has 0 bridgehead atoms. The van der Waals surface area contributed by atoms with Gasteiger partial charge in [-0.25, -0.2) is 4.98 Å². The van der Waals surface area contributed by atoms with Gasteiger partial charge in [0.1, 0.15) is 11.9 Å². The van der Waals surface area contributed by atoms with Gasteiger partial charge < -0.3 is 19.7 Å². The zero-order valence-corrected chi connectivity index (χ0v) is 20.4. The average molecular weight is 460 g/mol. The molecule has 0 spiro atoms. The molecule has 0 saturated carbocycles. The molecule has 1 fully saturated rings. The predicted molar refractivity (Wildman–Crippen MR) is 135 cm³/mol. The highest BCUT2D eigenvalue weighted by molar-refractivity contribution is 6.03. The van der Waals surface area contributed by atoms with Gasteiger partial charge in [0.25, 0.3) is 5.91 Å². The highest BCUT2D eigenvalue weighted by Crippen LogP contribution is 2.38. The summed E-state index contributed by atoms with van der Waals surface area (Å²) in [7, 11) is 4.03. The second-order valence-corrected chi connectivity index (χ2v) is 10.1. The van der Waals surface area contributed by atoms with E-state index in [-0.39, 0.29) is 23.9 Å². The van der Waals surface area contributed by atoms with Crippen LogP contribution in [0.3, 0.4) is 0 Å². The van der Waals surface area contributed by atoms with Crippen LogP contribution in [0, 0.1) is 5.92 Å². The van der Waals surface area contributed by atoms with Gasteiger partial charge in [0.05, 0.1) is 16.7 Å². The molecular formula is C27H33N5O2. The second kappa shape index (κ2) is 8.87. The normalized spacial score (nSPS) is 19.0. The second-order valence-electron chi connectivity index (χ2n) is 10.1. The fraction of sp³-hybridized carbons (Fsp3) is 0.444. The first-order valence-electron chi connectivity index (χ1n) is 12.2. The fourth-order valence-corrected chi connectivity index (χ4v) is 5.27. The number of carbonyl (C=O) groups excluding carboxylic acids is 2. The largest absolute Gasteiger partial charge is 0.339 e. The fourth-order valence-electron chi connectivity index (χ4n) is 5.27. The molecule has 2 aromatic carbocycles. The van der Waals surface area contributed by atoms with Crippen LogP contribution < -0.4 is 5.32 Å². The van der Waals surface area contributed by atoms with Crippen LogP contribution in [-0.2, 0) is 4.79 Å². The monoisotopic (exact) mass is 459 g/mol.